The summed E-state index contributed by atoms with van der Waals surface area (Å²) < 4.78 is 1.23. The minimum absolute atomic E-state index is 0.224. The van der Waals surface area contributed by atoms with E-state index in [-0.39, 0.29) is 6.10 Å². The summed E-state index contributed by atoms with van der Waals surface area (Å²) in [5, 5.41) is 9.67. The van der Waals surface area contributed by atoms with Crippen molar-refractivity contribution in [3.8, 4) is 0 Å². The highest BCUT2D eigenvalue weighted by atomic mass is 127. The van der Waals surface area contributed by atoms with Gasteiger partial charge in [0, 0.05) is 3.57 Å². The van der Waals surface area contributed by atoms with Gasteiger partial charge < -0.3 is 5.11 Å². The third kappa shape index (κ3) is 3.65. The maximum atomic E-state index is 9.67. The van der Waals surface area contributed by atoms with Gasteiger partial charge in [0.1, 0.15) is 0 Å². The summed E-state index contributed by atoms with van der Waals surface area (Å²) in [7, 11) is 0. The van der Waals surface area contributed by atoms with Crippen LogP contribution in [0.5, 0.6) is 0 Å². The Morgan fingerprint density at radius 1 is 1.38 bits per heavy atom. The molecule has 13 heavy (non-hydrogen) atoms. The summed E-state index contributed by atoms with van der Waals surface area (Å²) in [5.74, 6) is 0.331. The molecule has 1 aromatic rings. The minimum atomic E-state index is -0.224. The van der Waals surface area contributed by atoms with Gasteiger partial charge >= 0.3 is 0 Å². The van der Waals surface area contributed by atoms with E-state index >= 15 is 0 Å². The molecule has 0 radical (unpaired) electrons. The zero-order chi connectivity index (χ0) is 9.84. The molecule has 0 bridgehead atoms. The lowest BCUT2D eigenvalue weighted by Gasteiger charge is -2.14. The minimum Gasteiger partial charge on any atom is -0.393 e. The van der Waals surface area contributed by atoms with E-state index in [0.29, 0.717) is 5.92 Å². The zero-order valence-corrected chi connectivity index (χ0v) is 10.2. The summed E-state index contributed by atoms with van der Waals surface area (Å²) in [6.07, 6.45) is 0.535. The highest BCUT2D eigenvalue weighted by Crippen LogP contribution is 2.12. The Kier molecular flexibility index (Phi) is 4.19. The normalized spacial score (nSPS) is 13.3. The zero-order valence-electron chi connectivity index (χ0n) is 8.00. The van der Waals surface area contributed by atoms with Crippen molar-refractivity contribution < 1.29 is 5.11 Å². The van der Waals surface area contributed by atoms with Crippen molar-refractivity contribution in [2.75, 3.05) is 0 Å². The predicted molar refractivity (Wildman–Crippen MR) is 63.7 cm³/mol. The first-order chi connectivity index (χ1) is 6.09. The average molecular weight is 290 g/mol. The third-order valence-electron chi connectivity index (χ3n) is 2.10. The van der Waals surface area contributed by atoms with Crippen molar-refractivity contribution in [2.45, 2.75) is 26.4 Å². The molecule has 0 unspecified atom stereocenters. The van der Waals surface area contributed by atoms with Gasteiger partial charge in [-0.1, -0.05) is 26.0 Å². The van der Waals surface area contributed by atoms with Gasteiger partial charge in [-0.05, 0) is 52.6 Å². The number of hydrogen-bond donors (Lipinski definition) is 1. The molecule has 0 heterocycles. The highest BCUT2D eigenvalue weighted by Gasteiger charge is 2.09. The smallest absolute Gasteiger partial charge is 0.0603 e. The molecular formula is C11H15IO. The fourth-order valence-electron chi connectivity index (χ4n) is 1.14. The van der Waals surface area contributed by atoms with Crippen LogP contribution >= 0.6 is 22.6 Å². The molecule has 0 saturated heterocycles. The van der Waals surface area contributed by atoms with E-state index in [1.807, 2.05) is 19.9 Å². The molecule has 0 spiro atoms. The van der Waals surface area contributed by atoms with Crippen molar-refractivity contribution in [3.63, 3.8) is 0 Å². The fraction of sp³-hybridized carbons (Fsp3) is 0.455. The summed E-state index contributed by atoms with van der Waals surface area (Å²) >= 11 is 2.29. The van der Waals surface area contributed by atoms with Crippen molar-refractivity contribution in [3.05, 3.63) is 33.4 Å². The second kappa shape index (κ2) is 4.96. The quantitative estimate of drug-likeness (QED) is 0.849. The number of benzene rings is 1. The van der Waals surface area contributed by atoms with Crippen LogP contribution in [0.25, 0.3) is 0 Å². The maximum absolute atomic E-state index is 9.67. The summed E-state index contributed by atoms with van der Waals surface area (Å²) in [4.78, 5) is 0. The van der Waals surface area contributed by atoms with E-state index in [4.69, 9.17) is 0 Å². The standard InChI is InChI=1S/C11H15IO/c1-8(2)11(13)7-9-4-3-5-10(12)6-9/h3-6,8,11,13H,7H2,1-2H3/t11-/m1/s1. The average Bonchev–Trinajstić information content (AvgIpc) is 2.04. The van der Waals surface area contributed by atoms with E-state index in [1.165, 1.54) is 9.13 Å². The van der Waals surface area contributed by atoms with Crippen LogP contribution in [0.1, 0.15) is 19.4 Å². The summed E-state index contributed by atoms with van der Waals surface area (Å²) in [6, 6.07) is 8.27. The molecule has 0 aliphatic carbocycles. The van der Waals surface area contributed by atoms with Gasteiger partial charge in [0.05, 0.1) is 6.10 Å². The maximum Gasteiger partial charge on any atom is 0.0603 e. The first kappa shape index (κ1) is 11.0. The van der Waals surface area contributed by atoms with Crippen LogP contribution in [0.2, 0.25) is 0 Å². The van der Waals surface area contributed by atoms with E-state index in [1.54, 1.807) is 0 Å². The van der Waals surface area contributed by atoms with Gasteiger partial charge in [0.15, 0.2) is 0 Å². The van der Waals surface area contributed by atoms with Gasteiger partial charge in [-0.15, -0.1) is 0 Å². The number of aliphatic hydroxyl groups is 1. The second-order valence-corrected chi connectivity index (χ2v) is 4.89. The topological polar surface area (TPSA) is 20.2 Å². The predicted octanol–water partition coefficient (Wildman–Crippen LogP) is 2.85. The van der Waals surface area contributed by atoms with E-state index in [0.717, 1.165) is 6.42 Å². The van der Waals surface area contributed by atoms with Gasteiger partial charge in [-0.25, -0.2) is 0 Å². The Morgan fingerprint density at radius 3 is 2.62 bits per heavy atom. The van der Waals surface area contributed by atoms with Crippen molar-refractivity contribution in [1.29, 1.82) is 0 Å². The molecule has 72 valence electrons. The van der Waals surface area contributed by atoms with Crippen molar-refractivity contribution in [1.82, 2.24) is 0 Å². The van der Waals surface area contributed by atoms with E-state index < -0.39 is 0 Å². The molecule has 1 nitrogen and oxygen atoms in total. The molecule has 1 N–H and O–H groups in total. The van der Waals surface area contributed by atoms with Crippen LogP contribution in [0.15, 0.2) is 24.3 Å². The molecule has 1 aromatic carbocycles. The lowest BCUT2D eigenvalue weighted by atomic mass is 9.99. The third-order valence-corrected chi connectivity index (χ3v) is 2.77. The van der Waals surface area contributed by atoms with Crippen molar-refractivity contribution >= 4 is 22.6 Å². The Bertz CT molecular complexity index is 271. The van der Waals surface area contributed by atoms with Gasteiger partial charge in [0.25, 0.3) is 0 Å². The number of halogens is 1. The van der Waals surface area contributed by atoms with Crippen LogP contribution in [-0.4, -0.2) is 11.2 Å². The SMILES string of the molecule is CC(C)[C@H](O)Cc1cccc(I)c1. The molecular weight excluding hydrogens is 275 g/mol. The molecule has 0 fully saturated rings. The molecule has 0 saturated carbocycles. The molecule has 0 amide bonds. The molecule has 0 aliphatic heterocycles. The first-order valence-electron chi connectivity index (χ1n) is 4.52. The fourth-order valence-corrected chi connectivity index (χ4v) is 1.75. The molecule has 1 atom stereocenters. The molecule has 0 aliphatic rings. The lowest BCUT2D eigenvalue weighted by Crippen LogP contribution is -2.17. The monoisotopic (exact) mass is 290 g/mol. The van der Waals surface area contributed by atoms with Crippen molar-refractivity contribution in [2.24, 2.45) is 5.92 Å². The number of aliphatic hydroxyl groups excluding tert-OH is 1. The van der Waals surface area contributed by atoms with Gasteiger partial charge in [-0.3, -0.25) is 0 Å². The Morgan fingerprint density at radius 2 is 2.08 bits per heavy atom. The largest absolute Gasteiger partial charge is 0.393 e. The van der Waals surface area contributed by atoms with E-state index in [2.05, 4.69) is 40.8 Å². The molecule has 1 rings (SSSR count). The van der Waals surface area contributed by atoms with Crippen LogP contribution in [0, 0.1) is 9.49 Å². The van der Waals surface area contributed by atoms with Crippen LogP contribution in [0.3, 0.4) is 0 Å². The number of rotatable bonds is 3. The first-order valence-corrected chi connectivity index (χ1v) is 5.60. The Hall–Kier alpha value is -0.0900. The molecule has 2 heteroatoms. The van der Waals surface area contributed by atoms with Crippen LogP contribution in [0.4, 0.5) is 0 Å². The van der Waals surface area contributed by atoms with Gasteiger partial charge in [0.2, 0.25) is 0 Å². The van der Waals surface area contributed by atoms with Crippen LogP contribution < -0.4 is 0 Å². The highest BCUT2D eigenvalue weighted by molar-refractivity contribution is 14.1. The van der Waals surface area contributed by atoms with Gasteiger partial charge in [-0.2, -0.15) is 0 Å². The molecule has 0 aromatic heterocycles. The van der Waals surface area contributed by atoms with E-state index in [9.17, 15) is 5.11 Å². The second-order valence-electron chi connectivity index (χ2n) is 3.65. The Labute approximate surface area is 93.3 Å². The Balaban J connectivity index is 2.64. The summed E-state index contributed by atoms with van der Waals surface area (Å²) in [5.41, 5.74) is 1.22. The van der Waals surface area contributed by atoms with Crippen LogP contribution in [-0.2, 0) is 6.42 Å². The number of hydrogen-bond acceptors (Lipinski definition) is 1. The lowest BCUT2D eigenvalue weighted by molar-refractivity contribution is 0.125. The summed E-state index contributed by atoms with van der Waals surface area (Å²) in [6.45, 7) is 4.08.